The van der Waals surface area contributed by atoms with E-state index < -0.39 is 0 Å². The van der Waals surface area contributed by atoms with Crippen molar-refractivity contribution in [3.8, 4) is 39.1 Å². The number of para-hydroxylation sites is 3. The number of fused-ring (bicyclic) bond motifs is 4. The molecule has 7 aromatic carbocycles. The monoisotopic (exact) mass is 628 g/mol. The maximum Gasteiger partial charge on any atom is 0.0534 e. The van der Waals surface area contributed by atoms with Crippen LogP contribution in [0.4, 0.5) is 17.1 Å². The van der Waals surface area contributed by atoms with Gasteiger partial charge in [0, 0.05) is 45.3 Å². The predicted molar refractivity (Wildman–Crippen MR) is 206 cm³/mol. The van der Waals surface area contributed by atoms with Crippen molar-refractivity contribution < 1.29 is 0 Å². The molecule has 0 bridgehead atoms. The summed E-state index contributed by atoms with van der Waals surface area (Å²) in [6, 6.07) is 63.7. The maximum absolute atomic E-state index is 2.37. The molecule has 0 spiro atoms. The van der Waals surface area contributed by atoms with Gasteiger partial charge in [0.05, 0.1) is 5.52 Å². The normalized spacial score (nSPS) is 12.9. The maximum atomic E-state index is 2.37. The van der Waals surface area contributed by atoms with Crippen LogP contribution in [0.3, 0.4) is 0 Å². The second kappa shape index (κ2) is 11.5. The van der Waals surface area contributed by atoms with Gasteiger partial charge in [-0.15, -0.1) is 0 Å². The second-order valence-electron chi connectivity index (χ2n) is 13.5. The van der Waals surface area contributed by atoms with Gasteiger partial charge < -0.3 is 9.47 Å². The molecule has 0 fully saturated rings. The van der Waals surface area contributed by atoms with Gasteiger partial charge in [-0.05, 0) is 99.6 Å². The zero-order valence-electron chi connectivity index (χ0n) is 27.7. The molecule has 0 saturated carbocycles. The molecule has 0 unspecified atom stereocenters. The molecule has 49 heavy (non-hydrogen) atoms. The first-order valence-electron chi connectivity index (χ1n) is 17.0. The molecule has 0 atom stereocenters. The van der Waals surface area contributed by atoms with Crippen LogP contribution in [-0.4, -0.2) is 4.57 Å². The molecule has 8 aromatic rings. The minimum atomic E-state index is -0.0192. The Morgan fingerprint density at radius 1 is 0.429 bits per heavy atom. The molecule has 1 aromatic heterocycles. The van der Waals surface area contributed by atoms with Crippen molar-refractivity contribution in [3.63, 3.8) is 0 Å². The summed E-state index contributed by atoms with van der Waals surface area (Å²) in [4.78, 5) is 2.37. The smallest absolute Gasteiger partial charge is 0.0534 e. The van der Waals surface area contributed by atoms with E-state index in [1.54, 1.807) is 0 Å². The van der Waals surface area contributed by atoms with Crippen LogP contribution < -0.4 is 4.90 Å². The van der Waals surface area contributed by atoms with Crippen LogP contribution in [0.25, 0.3) is 50.0 Å². The lowest BCUT2D eigenvalue weighted by Crippen LogP contribution is -2.15. The number of rotatable bonds is 6. The van der Waals surface area contributed by atoms with E-state index in [9.17, 15) is 0 Å². The lowest BCUT2D eigenvalue weighted by Gasteiger charge is -2.27. The molecule has 0 aliphatic heterocycles. The molecule has 2 heteroatoms. The molecule has 0 saturated heterocycles. The van der Waals surface area contributed by atoms with Crippen molar-refractivity contribution in [1.29, 1.82) is 0 Å². The largest absolute Gasteiger partial charge is 0.316 e. The van der Waals surface area contributed by atoms with Gasteiger partial charge in [0.1, 0.15) is 0 Å². The third-order valence-electron chi connectivity index (χ3n) is 10.2. The quantitative estimate of drug-likeness (QED) is 0.178. The van der Waals surface area contributed by atoms with Crippen LogP contribution >= 0.6 is 0 Å². The van der Waals surface area contributed by atoms with Crippen LogP contribution in [0.15, 0.2) is 182 Å². The standard InChI is InChI=1S/C47H36N2/c1-47(2)44-22-11-9-20-40(44)42-31-39(28-29-45(42)47)49(37-18-7-4-8-19-37)38-26-24-33(25-27-38)34-14-13-15-35(30-34)43-32-48(36-16-5-3-6-17-36)46-23-12-10-21-41(43)46/h3-32H,1-2H3. The molecular weight excluding hydrogens is 593 g/mol. The van der Waals surface area contributed by atoms with Gasteiger partial charge >= 0.3 is 0 Å². The Morgan fingerprint density at radius 2 is 1.06 bits per heavy atom. The summed E-state index contributed by atoms with van der Waals surface area (Å²) in [5, 5.41) is 1.25. The minimum Gasteiger partial charge on any atom is -0.316 e. The van der Waals surface area contributed by atoms with Crippen LogP contribution in [0, 0.1) is 0 Å². The number of hydrogen-bond acceptors (Lipinski definition) is 1. The van der Waals surface area contributed by atoms with Crippen molar-refractivity contribution >= 4 is 28.0 Å². The lowest BCUT2D eigenvalue weighted by atomic mass is 9.82. The zero-order valence-corrected chi connectivity index (χ0v) is 27.7. The topological polar surface area (TPSA) is 8.17 Å². The molecular formula is C47H36N2. The highest BCUT2D eigenvalue weighted by Crippen LogP contribution is 2.50. The first-order chi connectivity index (χ1) is 24.1. The van der Waals surface area contributed by atoms with E-state index in [0.29, 0.717) is 0 Å². The van der Waals surface area contributed by atoms with Crippen LogP contribution in [0.1, 0.15) is 25.0 Å². The summed E-state index contributed by atoms with van der Waals surface area (Å²) in [7, 11) is 0. The van der Waals surface area contributed by atoms with Crippen LogP contribution in [-0.2, 0) is 5.41 Å². The molecule has 9 rings (SSSR count). The van der Waals surface area contributed by atoms with Crippen LogP contribution in [0.5, 0.6) is 0 Å². The molecule has 0 amide bonds. The summed E-state index contributed by atoms with van der Waals surface area (Å²) in [5.41, 5.74) is 16.0. The average molecular weight is 629 g/mol. The molecule has 1 aliphatic rings. The Kier molecular flexibility index (Phi) is 6.84. The molecule has 2 nitrogen and oxygen atoms in total. The van der Waals surface area contributed by atoms with Crippen LogP contribution in [0.2, 0.25) is 0 Å². The van der Waals surface area contributed by atoms with Gasteiger partial charge in [-0.3, -0.25) is 0 Å². The molecule has 0 N–H and O–H groups in total. The van der Waals surface area contributed by atoms with Crippen molar-refractivity contribution in [2.45, 2.75) is 19.3 Å². The highest BCUT2D eigenvalue weighted by Gasteiger charge is 2.35. The molecule has 0 radical (unpaired) electrons. The highest BCUT2D eigenvalue weighted by molar-refractivity contribution is 5.98. The second-order valence-corrected chi connectivity index (χ2v) is 13.5. The first-order valence-corrected chi connectivity index (χ1v) is 17.0. The van der Waals surface area contributed by atoms with Crippen molar-refractivity contribution in [2.75, 3.05) is 4.90 Å². The van der Waals surface area contributed by atoms with E-state index in [0.717, 1.165) is 22.7 Å². The minimum absolute atomic E-state index is 0.0192. The predicted octanol–water partition coefficient (Wildman–Crippen LogP) is 12.7. The molecule has 1 heterocycles. The van der Waals surface area contributed by atoms with Gasteiger partial charge in [-0.25, -0.2) is 0 Å². The Bertz CT molecular complexity index is 2450. The number of aromatic nitrogens is 1. The van der Waals surface area contributed by atoms with Gasteiger partial charge in [0.25, 0.3) is 0 Å². The summed E-state index contributed by atoms with van der Waals surface area (Å²) >= 11 is 0. The molecule has 234 valence electrons. The Labute approximate surface area is 288 Å². The lowest BCUT2D eigenvalue weighted by molar-refractivity contribution is 0.660. The zero-order chi connectivity index (χ0) is 33.0. The van der Waals surface area contributed by atoms with Crippen molar-refractivity contribution in [2.24, 2.45) is 0 Å². The molecule has 1 aliphatic carbocycles. The van der Waals surface area contributed by atoms with E-state index in [-0.39, 0.29) is 5.41 Å². The van der Waals surface area contributed by atoms with E-state index >= 15 is 0 Å². The van der Waals surface area contributed by atoms with Gasteiger partial charge in [-0.2, -0.15) is 0 Å². The first kappa shape index (κ1) is 29.1. The summed E-state index contributed by atoms with van der Waals surface area (Å²) in [6.07, 6.45) is 2.27. The number of anilines is 3. The van der Waals surface area contributed by atoms with Crippen molar-refractivity contribution in [1.82, 2.24) is 4.57 Å². The fourth-order valence-electron chi connectivity index (χ4n) is 7.75. The van der Waals surface area contributed by atoms with E-state index in [1.807, 2.05) is 0 Å². The van der Waals surface area contributed by atoms with Crippen molar-refractivity contribution in [3.05, 3.63) is 193 Å². The van der Waals surface area contributed by atoms with Gasteiger partial charge in [0.2, 0.25) is 0 Å². The summed E-state index contributed by atoms with van der Waals surface area (Å²) in [5.74, 6) is 0. The Balaban J connectivity index is 1.10. The van der Waals surface area contributed by atoms with E-state index in [1.165, 1.54) is 55.4 Å². The number of benzene rings is 7. The fourth-order valence-corrected chi connectivity index (χ4v) is 7.75. The van der Waals surface area contributed by atoms with E-state index in [4.69, 9.17) is 0 Å². The third kappa shape index (κ3) is 4.88. The number of hydrogen-bond donors (Lipinski definition) is 0. The Hall–Kier alpha value is -6.12. The number of nitrogens with zero attached hydrogens (tertiary/aromatic N) is 2. The summed E-state index contributed by atoms with van der Waals surface area (Å²) < 4.78 is 2.29. The highest BCUT2D eigenvalue weighted by atomic mass is 15.1. The van der Waals surface area contributed by atoms with E-state index in [2.05, 4.69) is 205 Å². The van der Waals surface area contributed by atoms with Gasteiger partial charge in [-0.1, -0.05) is 129 Å². The SMILES string of the molecule is CC1(C)c2ccccc2-c2cc(N(c3ccccc3)c3ccc(-c4cccc(-c5cn(-c6ccccc6)c6ccccc56)c4)cc3)ccc21. The summed E-state index contributed by atoms with van der Waals surface area (Å²) in [6.45, 7) is 4.67. The average Bonchev–Trinajstić information content (AvgIpc) is 3.66. The third-order valence-corrected chi connectivity index (χ3v) is 10.2. The fraction of sp³-hybridized carbons (Fsp3) is 0.0638. The van der Waals surface area contributed by atoms with Gasteiger partial charge in [0.15, 0.2) is 0 Å². The Morgan fingerprint density at radius 3 is 1.88 bits per heavy atom.